The molecule has 0 N–H and O–H groups in total. The van der Waals surface area contributed by atoms with Gasteiger partial charge in [0.2, 0.25) is 0 Å². The number of alkyl halides is 1. The normalized spacial score (nSPS) is 25.1. The summed E-state index contributed by atoms with van der Waals surface area (Å²) < 4.78 is 13.6. The third-order valence-corrected chi connectivity index (χ3v) is 4.45. The highest BCUT2D eigenvalue weighted by molar-refractivity contribution is 9.09. The van der Waals surface area contributed by atoms with Crippen LogP contribution in [0.2, 0.25) is 5.02 Å². The SMILES string of the molecule is Cc1c(F)cc(Cl)c2c1C(Br)CCC2C. The number of rotatable bonds is 0. The van der Waals surface area contributed by atoms with Gasteiger partial charge in [-0.05, 0) is 48.4 Å². The van der Waals surface area contributed by atoms with Crippen molar-refractivity contribution in [2.75, 3.05) is 0 Å². The molecule has 0 bridgehead atoms. The van der Waals surface area contributed by atoms with Crippen molar-refractivity contribution in [2.45, 2.75) is 37.4 Å². The Kier molecular flexibility index (Phi) is 3.09. The number of fused-ring (bicyclic) bond motifs is 1. The predicted octanol–water partition coefficient (Wildman–Crippen LogP) is 5.12. The molecule has 2 unspecified atom stereocenters. The van der Waals surface area contributed by atoms with Crippen LogP contribution in [0.3, 0.4) is 0 Å². The van der Waals surface area contributed by atoms with Crippen LogP contribution in [0.4, 0.5) is 4.39 Å². The number of benzene rings is 1. The molecule has 0 fully saturated rings. The molecular weight excluding hydrogens is 278 g/mol. The van der Waals surface area contributed by atoms with Gasteiger partial charge in [0.15, 0.2) is 0 Å². The van der Waals surface area contributed by atoms with Crippen LogP contribution in [-0.4, -0.2) is 0 Å². The minimum atomic E-state index is -0.197. The second-order valence-electron chi connectivity index (χ2n) is 4.24. The van der Waals surface area contributed by atoms with Crippen molar-refractivity contribution in [2.24, 2.45) is 0 Å². The van der Waals surface area contributed by atoms with Gasteiger partial charge >= 0.3 is 0 Å². The molecule has 2 rings (SSSR count). The maximum Gasteiger partial charge on any atom is 0.127 e. The van der Waals surface area contributed by atoms with E-state index in [9.17, 15) is 4.39 Å². The molecule has 0 amide bonds. The van der Waals surface area contributed by atoms with E-state index in [1.54, 1.807) is 0 Å². The second-order valence-corrected chi connectivity index (χ2v) is 5.75. The lowest BCUT2D eigenvalue weighted by molar-refractivity contribution is 0.566. The van der Waals surface area contributed by atoms with Crippen molar-refractivity contribution in [3.63, 3.8) is 0 Å². The lowest BCUT2D eigenvalue weighted by atomic mass is 9.81. The highest BCUT2D eigenvalue weighted by Crippen LogP contribution is 2.46. The molecule has 1 aromatic rings. The first-order chi connectivity index (χ1) is 7.02. The van der Waals surface area contributed by atoms with Crippen molar-refractivity contribution in [3.05, 3.63) is 33.6 Å². The second kappa shape index (κ2) is 4.06. The quantitative estimate of drug-likeness (QED) is 0.582. The largest absolute Gasteiger partial charge is 0.207 e. The highest BCUT2D eigenvalue weighted by atomic mass is 79.9. The van der Waals surface area contributed by atoms with E-state index in [-0.39, 0.29) is 10.6 Å². The molecule has 0 heterocycles. The van der Waals surface area contributed by atoms with Gasteiger partial charge < -0.3 is 0 Å². The monoisotopic (exact) mass is 290 g/mol. The molecule has 0 nitrogen and oxygen atoms in total. The van der Waals surface area contributed by atoms with Crippen LogP contribution in [0.25, 0.3) is 0 Å². The van der Waals surface area contributed by atoms with Gasteiger partial charge in [-0.1, -0.05) is 34.5 Å². The summed E-state index contributed by atoms with van der Waals surface area (Å²) in [4.78, 5) is 0.247. The Labute approximate surface area is 103 Å². The minimum absolute atomic E-state index is 0.197. The van der Waals surface area contributed by atoms with Crippen molar-refractivity contribution < 1.29 is 4.39 Å². The van der Waals surface area contributed by atoms with Crippen LogP contribution in [0, 0.1) is 12.7 Å². The summed E-state index contributed by atoms with van der Waals surface area (Å²) in [5.74, 6) is 0.234. The number of hydrogen-bond acceptors (Lipinski definition) is 0. The molecule has 1 aliphatic carbocycles. The molecule has 3 heteroatoms. The van der Waals surface area contributed by atoms with Crippen LogP contribution in [0.15, 0.2) is 6.07 Å². The van der Waals surface area contributed by atoms with Gasteiger partial charge in [0.1, 0.15) is 5.82 Å². The molecule has 15 heavy (non-hydrogen) atoms. The molecule has 0 spiro atoms. The first kappa shape index (κ1) is 11.4. The Balaban J connectivity index is 2.71. The fourth-order valence-corrected chi connectivity index (χ4v) is 3.58. The zero-order valence-corrected chi connectivity index (χ0v) is 11.1. The van der Waals surface area contributed by atoms with Gasteiger partial charge in [0.05, 0.1) is 0 Å². The van der Waals surface area contributed by atoms with Crippen LogP contribution in [0.5, 0.6) is 0 Å². The highest BCUT2D eigenvalue weighted by Gasteiger charge is 2.28. The molecule has 0 saturated carbocycles. The topological polar surface area (TPSA) is 0 Å². The summed E-state index contributed by atoms with van der Waals surface area (Å²) in [7, 11) is 0. The summed E-state index contributed by atoms with van der Waals surface area (Å²) in [6.45, 7) is 3.98. The summed E-state index contributed by atoms with van der Waals surface area (Å²) in [5.41, 5.74) is 2.94. The average Bonchev–Trinajstić information content (AvgIpc) is 2.18. The lowest BCUT2D eigenvalue weighted by Gasteiger charge is -2.29. The van der Waals surface area contributed by atoms with Crippen LogP contribution in [-0.2, 0) is 0 Å². The Morgan fingerprint density at radius 2 is 2.07 bits per heavy atom. The molecule has 2 atom stereocenters. The van der Waals surface area contributed by atoms with Gasteiger partial charge in [0, 0.05) is 9.85 Å². The van der Waals surface area contributed by atoms with Crippen molar-refractivity contribution in [3.8, 4) is 0 Å². The molecule has 0 saturated heterocycles. The number of hydrogen-bond donors (Lipinski definition) is 0. The molecular formula is C12H13BrClF. The molecule has 82 valence electrons. The first-order valence-corrected chi connectivity index (χ1v) is 6.44. The molecule has 0 aromatic heterocycles. The summed E-state index contributed by atoms with van der Waals surface area (Å²) in [5, 5.41) is 0.574. The fraction of sp³-hybridized carbons (Fsp3) is 0.500. The van der Waals surface area contributed by atoms with Crippen LogP contribution in [0.1, 0.15) is 47.2 Å². The third-order valence-electron chi connectivity index (χ3n) is 3.22. The molecule has 0 radical (unpaired) electrons. The Morgan fingerprint density at radius 1 is 1.40 bits per heavy atom. The Bertz CT molecular complexity index is 403. The van der Waals surface area contributed by atoms with E-state index in [1.807, 2.05) is 6.92 Å². The van der Waals surface area contributed by atoms with E-state index in [1.165, 1.54) is 6.07 Å². The predicted molar refractivity (Wildman–Crippen MR) is 65.5 cm³/mol. The van der Waals surface area contributed by atoms with Crippen LogP contribution < -0.4 is 0 Å². The van der Waals surface area contributed by atoms with Crippen LogP contribution >= 0.6 is 27.5 Å². The van der Waals surface area contributed by atoms with Crippen molar-refractivity contribution >= 4 is 27.5 Å². The summed E-state index contributed by atoms with van der Waals surface area (Å²) in [6.07, 6.45) is 2.16. The zero-order valence-electron chi connectivity index (χ0n) is 8.78. The first-order valence-electron chi connectivity index (χ1n) is 5.14. The van der Waals surface area contributed by atoms with E-state index >= 15 is 0 Å². The van der Waals surface area contributed by atoms with Gasteiger partial charge in [-0.15, -0.1) is 0 Å². The standard InChI is InChI=1S/C12H13BrClF/c1-6-3-4-8(13)12-7(2)10(15)5-9(14)11(6)12/h5-6,8H,3-4H2,1-2H3. The zero-order chi connectivity index (χ0) is 11.2. The average molecular weight is 292 g/mol. The van der Waals surface area contributed by atoms with Gasteiger partial charge in [0.25, 0.3) is 0 Å². The Hall–Kier alpha value is -0.0800. The smallest absolute Gasteiger partial charge is 0.127 e. The van der Waals surface area contributed by atoms with Crippen molar-refractivity contribution in [1.82, 2.24) is 0 Å². The van der Waals surface area contributed by atoms with E-state index in [2.05, 4.69) is 22.9 Å². The van der Waals surface area contributed by atoms with Gasteiger partial charge in [-0.2, -0.15) is 0 Å². The maximum atomic E-state index is 13.6. The summed E-state index contributed by atoms with van der Waals surface area (Å²) in [6, 6.07) is 1.44. The van der Waals surface area contributed by atoms with E-state index in [0.717, 1.165) is 29.5 Å². The van der Waals surface area contributed by atoms with Crippen molar-refractivity contribution in [1.29, 1.82) is 0 Å². The fourth-order valence-electron chi connectivity index (χ4n) is 2.35. The Morgan fingerprint density at radius 3 is 2.73 bits per heavy atom. The minimum Gasteiger partial charge on any atom is -0.207 e. The van der Waals surface area contributed by atoms with Gasteiger partial charge in [-0.25, -0.2) is 4.39 Å². The molecule has 0 aliphatic heterocycles. The summed E-state index contributed by atoms with van der Waals surface area (Å²) >= 11 is 9.73. The molecule has 1 aromatic carbocycles. The maximum absolute atomic E-state index is 13.6. The van der Waals surface area contributed by atoms with E-state index in [4.69, 9.17) is 11.6 Å². The molecule has 1 aliphatic rings. The van der Waals surface area contributed by atoms with E-state index in [0.29, 0.717) is 10.9 Å². The number of halogens is 3. The lowest BCUT2D eigenvalue weighted by Crippen LogP contribution is -2.12. The van der Waals surface area contributed by atoms with E-state index < -0.39 is 0 Å². The van der Waals surface area contributed by atoms with Gasteiger partial charge in [-0.3, -0.25) is 0 Å². The third kappa shape index (κ3) is 1.83.